The summed E-state index contributed by atoms with van der Waals surface area (Å²) >= 11 is 1.85. The van der Waals surface area contributed by atoms with Gasteiger partial charge in [0.05, 0.1) is 13.2 Å². The number of hydrogen-bond donors (Lipinski definition) is 0. The molecule has 2 aliphatic heterocycles. The minimum atomic E-state index is -0.352. The maximum absolute atomic E-state index is 7.17. The van der Waals surface area contributed by atoms with Gasteiger partial charge in [0.2, 0.25) is 0 Å². The van der Waals surface area contributed by atoms with Crippen LogP contribution in [0, 0.1) is 17.8 Å². The van der Waals surface area contributed by atoms with Gasteiger partial charge in [-0.25, -0.2) is 0 Å². The van der Waals surface area contributed by atoms with Gasteiger partial charge in [0, 0.05) is 44.5 Å². The molecule has 194 valence electrons. The second-order valence-electron chi connectivity index (χ2n) is 12.9. The molecular formula is C32H37NO3S. The minimum absolute atomic E-state index is 0.0526. The number of rotatable bonds is 5. The van der Waals surface area contributed by atoms with E-state index in [1.807, 2.05) is 18.4 Å². The van der Waals surface area contributed by atoms with Gasteiger partial charge in [0.15, 0.2) is 0 Å². The molecule has 3 heterocycles. The molecular weight excluding hydrogens is 478 g/mol. The van der Waals surface area contributed by atoms with Gasteiger partial charge in [0.25, 0.3) is 0 Å². The maximum atomic E-state index is 7.17. The predicted molar refractivity (Wildman–Crippen MR) is 148 cm³/mol. The van der Waals surface area contributed by atoms with Crippen molar-refractivity contribution in [3.05, 3.63) is 64.0 Å². The molecule has 1 unspecified atom stereocenters. The van der Waals surface area contributed by atoms with E-state index < -0.39 is 0 Å². The van der Waals surface area contributed by atoms with E-state index in [1.54, 1.807) is 5.56 Å². The Labute approximate surface area is 223 Å². The molecule has 0 amide bonds. The molecule has 3 saturated carbocycles. The molecule has 2 spiro atoms. The smallest absolute Gasteiger partial charge is 0.139 e. The summed E-state index contributed by atoms with van der Waals surface area (Å²) in [5.74, 6) is 1.17. The number of benzene rings is 2. The largest absolute Gasteiger partial charge is 0.486 e. The van der Waals surface area contributed by atoms with Gasteiger partial charge in [-0.1, -0.05) is 37.3 Å². The van der Waals surface area contributed by atoms with E-state index >= 15 is 0 Å². The first-order valence-corrected chi connectivity index (χ1v) is 14.8. The number of fused-ring (bicyclic) bond motifs is 3. The molecule has 9 rings (SSSR count). The summed E-state index contributed by atoms with van der Waals surface area (Å²) in [4.78, 5) is 3.97. The predicted octanol–water partition coefficient (Wildman–Crippen LogP) is 6.26. The summed E-state index contributed by atoms with van der Waals surface area (Å²) in [5.41, 5.74) is 4.14. The van der Waals surface area contributed by atoms with Crippen molar-refractivity contribution in [1.29, 1.82) is 0 Å². The van der Waals surface area contributed by atoms with Gasteiger partial charge < -0.3 is 19.1 Å². The summed E-state index contributed by atoms with van der Waals surface area (Å²) in [7, 11) is 4.30. The van der Waals surface area contributed by atoms with Crippen LogP contribution in [-0.4, -0.2) is 50.0 Å². The molecule has 3 aromatic rings. The highest BCUT2D eigenvalue weighted by Gasteiger charge is 2.82. The topological polar surface area (TPSA) is 30.9 Å². The van der Waals surface area contributed by atoms with Crippen LogP contribution in [0.2, 0.25) is 0 Å². The first-order chi connectivity index (χ1) is 17.9. The van der Waals surface area contributed by atoms with Crippen LogP contribution in [0.25, 0.3) is 10.1 Å². The standard InChI is InChI=1S/C32H37NO3S/c1-20-9-10-22-16-25-30-11-12-32(34-4,28-31(30,13-14-33(25)3)26(22)27(20)36-28)29(2,18-30)19-35-17-23-15-21-7-5-6-8-24(21)37-23/h5-10,15,25,28H,11-14,16-19H2,1-4H3/t25-,28?,29-,30-,31+,32+/m1/s1. The first kappa shape index (κ1) is 23.0. The van der Waals surface area contributed by atoms with Crippen LogP contribution in [0.1, 0.15) is 54.2 Å². The highest BCUT2D eigenvalue weighted by molar-refractivity contribution is 7.19. The minimum Gasteiger partial charge on any atom is -0.486 e. The van der Waals surface area contributed by atoms with E-state index in [0.717, 1.165) is 32.2 Å². The van der Waals surface area contributed by atoms with E-state index in [9.17, 15) is 0 Å². The second kappa shape index (κ2) is 7.38. The third kappa shape index (κ3) is 2.56. The van der Waals surface area contributed by atoms with Crippen LogP contribution in [0.3, 0.4) is 0 Å². The van der Waals surface area contributed by atoms with Gasteiger partial charge in [-0.3, -0.25) is 0 Å². The van der Waals surface area contributed by atoms with Gasteiger partial charge in [-0.05, 0) is 81.3 Å². The number of likely N-dealkylation sites (tertiary alicyclic amines) is 1. The Hall–Kier alpha value is -1.92. The third-order valence-electron chi connectivity index (χ3n) is 11.5. The lowest BCUT2D eigenvalue weighted by atomic mass is 9.32. The number of nitrogens with zero attached hydrogens (tertiary/aromatic N) is 1. The molecule has 6 aliphatic rings. The number of thiophene rings is 1. The molecule has 1 saturated heterocycles. The molecule has 5 heteroatoms. The number of piperidine rings is 1. The van der Waals surface area contributed by atoms with Crippen LogP contribution in [0.4, 0.5) is 0 Å². The van der Waals surface area contributed by atoms with E-state index in [1.165, 1.54) is 38.3 Å². The number of hydrogen-bond acceptors (Lipinski definition) is 5. The van der Waals surface area contributed by atoms with Crippen molar-refractivity contribution >= 4 is 21.4 Å². The molecule has 0 N–H and O–H groups in total. The fourth-order valence-corrected chi connectivity index (χ4v) is 11.1. The number of aryl methyl sites for hydroxylation is 1. The van der Waals surface area contributed by atoms with Crippen molar-refractivity contribution < 1.29 is 14.2 Å². The Bertz CT molecular complexity index is 1400. The molecule has 2 aromatic carbocycles. The van der Waals surface area contributed by atoms with Crippen LogP contribution in [-0.2, 0) is 27.9 Å². The molecule has 4 fully saturated rings. The van der Waals surface area contributed by atoms with Crippen LogP contribution < -0.4 is 4.74 Å². The summed E-state index contributed by atoms with van der Waals surface area (Å²) < 4.78 is 21.9. The third-order valence-corrected chi connectivity index (χ3v) is 12.6. The fraction of sp³-hybridized carbons (Fsp3) is 0.562. The zero-order valence-corrected chi connectivity index (χ0v) is 23.2. The quantitative estimate of drug-likeness (QED) is 0.401. The van der Waals surface area contributed by atoms with E-state index in [2.05, 4.69) is 68.3 Å². The highest BCUT2D eigenvalue weighted by Crippen LogP contribution is 2.78. The average Bonchev–Trinajstić information content (AvgIpc) is 3.47. The van der Waals surface area contributed by atoms with E-state index in [4.69, 9.17) is 14.2 Å². The van der Waals surface area contributed by atoms with Gasteiger partial charge in [-0.2, -0.15) is 0 Å². The lowest BCUT2D eigenvalue weighted by Gasteiger charge is -2.76. The zero-order chi connectivity index (χ0) is 25.2. The van der Waals surface area contributed by atoms with E-state index in [-0.39, 0.29) is 27.9 Å². The number of ether oxygens (including phenoxy) is 3. The van der Waals surface area contributed by atoms with Crippen molar-refractivity contribution in [3.8, 4) is 5.75 Å². The average molecular weight is 516 g/mol. The molecule has 4 nitrogen and oxygen atoms in total. The van der Waals surface area contributed by atoms with Gasteiger partial charge in [0.1, 0.15) is 17.5 Å². The Balaban J connectivity index is 1.21. The summed E-state index contributed by atoms with van der Waals surface area (Å²) in [5, 5.41) is 1.31. The van der Waals surface area contributed by atoms with Crippen LogP contribution in [0.5, 0.6) is 5.75 Å². The van der Waals surface area contributed by atoms with Gasteiger partial charge >= 0.3 is 0 Å². The molecule has 0 radical (unpaired) electrons. The summed E-state index contributed by atoms with van der Waals surface area (Å²) in [6.45, 7) is 7.17. The molecule has 1 aromatic heterocycles. The highest BCUT2D eigenvalue weighted by atomic mass is 32.1. The Morgan fingerprint density at radius 3 is 2.84 bits per heavy atom. The Kier molecular flexibility index (Phi) is 4.59. The zero-order valence-electron chi connectivity index (χ0n) is 22.4. The summed E-state index contributed by atoms with van der Waals surface area (Å²) in [6, 6.07) is 16.1. The first-order valence-electron chi connectivity index (χ1n) is 14.0. The monoisotopic (exact) mass is 515 g/mol. The molecule has 4 aliphatic carbocycles. The van der Waals surface area contributed by atoms with Crippen molar-refractivity contribution in [2.45, 2.75) is 75.7 Å². The van der Waals surface area contributed by atoms with Crippen molar-refractivity contribution in [2.75, 3.05) is 27.3 Å². The summed E-state index contributed by atoms with van der Waals surface area (Å²) in [6.07, 6.45) is 5.76. The SMILES string of the molecule is CO[C@]12CC[C@@]3(C[C@]1(C)COCc1cc4ccccc4s1)[C@H]1Cc4ccc(C)c5c4[C@@]3(CCN1C)C2O5. The normalized spacial score (nSPS) is 39.1. The number of methoxy groups -OCH3 is 1. The van der Waals surface area contributed by atoms with Gasteiger partial charge in [-0.15, -0.1) is 11.3 Å². The lowest BCUT2D eigenvalue weighted by Crippen LogP contribution is -2.83. The lowest BCUT2D eigenvalue weighted by molar-refractivity contribution is -0.312. The number of likely N-dealkylation sites (N-methyl/N-ethyl adjacent to an activating group) is 1. The van der Waals surface area contributed by atoms with Crippen molar-refractivity contribution in [1.82, 2.24) is 4.90 Å². The van der Waals surface area contributed by atoms with Crippen molar-refractivity contribution in [3.63, 3.8) is 0 Å². The fourth-order valence-electron chi connectivity index (χ4n) is 10.1. The molecule has 37 heavy (non-hydrogen) atoms. The van der Waals surface area contributed by atoms with E-state index in [0.29, 0.717) is 19.3 Å². The van der Waals surface area contributed by atoms with Crippen LogP contribution in [0.15, 0.2) is 42.5 Å². The van der Waals surface area contributed by atoms with Crippen LogP contribution >= 0.6 is 11.3 Å². The molecule has 4 bridgehead atoms. The molecule has 6 atom stereocenters. The second-order valence-corrected chi connectivity index (χ2v) is 14.1. The van der Waals surface area contributed by atoms with Crippen molar-refractivity contribution in [2.24, 2.45) is 10.8 Å². The Morgan fingerprint density at radius 2 is 2.00 bits per heavy atom. The Morgan fingerprint density at radius 1 is 1.14 bits per heavy atom. The maximum Gasteiger partial charge on any atom is 0.139 e.